The average Bonchev–Trinajstić information content (AvgIpc) is 2.54. The molecule has 2 saturated heterocycles. The van der Waals surface area contributed by atoms with Gasteiger partial charge in [0, 0.05) is 33.2 Å². The molecule has 0 aromatic carbocycles. The van der Waals surface area contributed by atoms with Gasteiger partial charge in [-0.25, -0.2) is 0 Å². The summed E-state index contributed by atoms with van der Waals surface area (Å²) in [5, 5.41) is 3.45. The van der Waals surface area contributed by atoms with E-state index in [4.69, 9.17) is 4.74 Å². The largest absolute Gasteiger partial charge is 0.381 e. The highest BCUT2D eigenvalue weighted by Gasteiger charge is 2.23. The summed E-state index contributed by atoms with van der Waals surface area (Å²) in [4.78, 5) is 14.3. The predicted molar refractivity (Wildman–Crippen MR) is 85.2 cm³/mol. The molecule has 0 spiro atoms. The molecule has 2 fully saturated rings. The number of hydrogen-bond acceptors (Lipinski definition) is 3. The Labute approximate surface area is 129 Å². The van der Waals surface area contributed by atoms with Crippen molar-refractivity contribution in [2.24, 2.45) is 17.8 Å². The first kappa shape index (κ1) is 16.8. The third-order valence-electron chi connectivity index (χ3n) is 5.28. The number of rotatable bonds is 6. The highest BCUT2D eigenvalue weighted by Crippen LogP contribution is 2.23. The Balaban J connectivity index is 1.66. The fourth-order valence-electron chi connectivity index (χ4n) is 3.50. The minimum Gasteiger partial charge on any atom is -0.381 e. The molecule has 1 amide bonds. The average molecular weight is 296 g/mol. The summed E-state index contributed by atoms with van der Waals surface area (Å²) in [5.74, 6) is 2.23. The van der Waals surface area contributed by atoms with E-state index in [1.54, 1.807) is 0 Å². The molecule has 4 nitrogen and oxygen atoms in total. The standard InChI is InChI=1S/C17H32N2O2/c1-14(16-4-3-8-18-13-16)12-17(20)19(2)9-5-15-6-10-21-11-7-15/h14-16,18H,3-13H2,1-2H3. The predicted octanol–water partition coefficient (Wildman–Crippen LogP) is 2.29. The minimum atomic E-state index is 0.320. The Kier molecular flexibility index (Phi) is 6.97. The summed E-state index contributed by atoms with van der Waals surface area (Å²) in [7, 11) is 1.97. The summed E-state index contributed by atoms with van der Waals surface area (Å²) in [6.07, 6.45) is 6.68. The van der Waals surface area contributed by atoms with Crippen LogP contribution in [0.25, 0.3) is 0 Å². The number of carbonyl (C=O) groups is 1. The molecule has 2 unspecified atom stereocenters. The first-order valence-electron chi connectivity index (χ1n) is 8.69. The quantitative estimate of drug-likeness (QED) is 0.817. The lowest BCUT2D eigenvalue weighted by Crippen LogP contribution is -2.36. The van der Waals surface area contributed by atoms with Crippen LogP contribution in [0.15, 0.2) is 0 Å². The number of nitrogens with zero attached hydrogens (tertiary/aromatic N) is 1. The molecular weight excluding hydrogens is 264 g/mol. The Morgan fingerprint density at radius 3 is 2.76 bits per heavy atom. The first-order valence-corrected chi connectivity index (χ1v) is 8.69. The van der Waals surface area contributed by atoms with Crippen LogP contribution >= 0.6 is 0 Å². The van der Waals surface area contributed by atoms with Gasteiger partial charge in [0.05, 0.1) is 0 Å². The molecule has 2 heterocycles. The van der Waals surface area contributed by atoms with Crippen LogP contribution in [0.2, 0.25) is 0 Å². The Bertz CT molecular complexity index is 310. The first-order chi connectivity index (χ1) is 10.2. The lowest BCUT2D eigenvalue weighted by Gasteiger charge is -2.30. The zero-order chi connectivity index (χ0) is 15.1. The van der Waals surface area contributed by atoms with Gasteiger partial charge >= 0.3 is 0 Å². The van der Waals surface area contributed by atoms with Crippen molar-refractivity contribution in [1.82, 2.24) is 10.2 Å². The topological polar surface area (TPSA) is 41.6 Å². The number of amides is 1. The van der Waals surface area contributed by atoms with E-state index in [2.05, 4.69) is 12.2 Å². The summed E-state index contributed by atoms with van der Waals surface area (Å²) < 4.78 is 5.39. The van der Waals surface area contributed by atoms with Gasteiger partial charge in [-0.15, -0.1) is 0 Å². The summed E-state index contributed by atoms with van der Waals surface area (Å²) in [5.41, 5.74) is 0. The molecule has 0 aromatic rings. The van der Waals surface area contributed by atoms with Crippen molar-refractivity contribution >= 4 is 5.91 Å². The van der Waals surface area contributed by atoms with Crippen LogP contribution in [-0.4, -0.2) is 50.7 Å². The van der Waals surface area contributed by atoms with Crippen LogP contribution in [0, 0.1) is 17.8 Å². The van der Waals surface area contributed by atoms with Gasteiger partial charge < -0.3 is 15.0 Å². The molecule has 0 radical (unpaired) electrons. The van der Waals surface area contributed by atoms with Gasteiger partial charge in [0.1, 0.15) is 0 Å². The van der Waals surface area contributed by atoms with Crippen LogP contribution in [0.5, 0.6) is 0 Å². The monoisotopic (exact) mass is 296 g/mol. The zero-order valence-electron chi connectivity index (χ0n) is 13.8. The van der Waals surface area contributed by atoms with E-state index in [0.29, 0.717) is 24.2 Å². The van der Waals surface area contributed by atoms with Crippen LogP contribution < -0.4 is 5.32 Å². The minimum absolute atomic E-state index is 0.320. The van der Waals surface area contributed by atoms with Gasteiger partial charge in [0.25, 0.3) is 0 Å². The zero-order valence-corrected chi connectivity index (χ0v) is 13.8. The lowest BCUT2D eigenvalue weighted by atomic mass is 9.85. The van der Waals surface area contributed by atoms with Crippen molar-refractivity contribution in [3.05, 3.63) is 0 Å². The maximum Gasteiger partial charge on any atom is 0.222 e. The van der Waals surface area contributed by atoms with Crippen molar-refractivity contribution < 1.29 is 9.53 Å². The van der Waals surface area contributed by atoms with Crippen LogP contribution in [0.3, 0.4) is 0 Å². The molecule has 0 aromatic heterocycles. The third-order valence-corrected chi connectivity index (χ3v) is 5.28. The summed E-state index contributed by atoms with van der Waals surface area (Å²) in [6.45, 7) is 7.16. The Morgan fingerprint density at radius 2 is 2.10 bits per heavy atom. The number of piperidine rings is 1. The third kappa shape index (κ3) is 5.59. The second kappa shape index (κ2) is 8.74. The second-order valence-electron chi connectivity index (χ2n) is 6.95. The van der Waals surface area contributed by atoms with Gasteiger partial charge in [-0.2, -0.15) is 0 Å². The number of hydrogen-bond donors (Lipinski definition) is 1. The molecule has 2 rings (SSSR count). The van der Waals surface area contributed by atoms with E-state index in [1.165, 1.54) is 12.8 Å². The molecule has 0 bridgehead atoms. The maximum atomic E-state index is 12.3. The lowest BCUT2D eigenvalue weighted by molar-refractivity contribution is -0.131. The summed E-state index contributed by atoms with van der Waals surface area (Å²) in [6, 6.07) is 0. The van der Waals surface area contributed by atoms with Gasteiger partial charge in [-0.05, 0) is 62.9 Å². The molecule has 4 heteroatoms. The molecule has 0 saturated carbocycles. The van der Waals surface area contributed by atoms with Crippen molar-refractivity contribution in [1.29, 1.82) is 0 Å². The van der Waals surface area contributed by atoms with Crippen molar-refractivity contribution in [3.63, 3.8) is 0 Å². The van der Waals surface area contributed by atoms with Crippen LogP contribution in [0.4, 0.5) is 0 Å². The fourth-order valence-corrected chi connectivity index (χ4v) is 3.50. The van der Waals surface area contributed by atoms with Crippen molar-refractivity contribution in [2.75, 3.05) is 39.9 Å². The Hall–Kier alpha value is -0.610. The van der Waals surface area contributed by atoms with E-state index >= 15 is 0 Å². The van der Waals surface area contributed by atoms with Crippen molar-refractivity contribution in [3.8, 4) is 0 Å². The van der Waals surface area contributed by atoms with Crippen molar-refractivity contribution in [2.45, 2.75) is 45.4 Å². The van der Waals surface area contributed by atoms with E-state index in [9.17, 15) is 4.79 Å². The second-order valence-corrected chi connectivity index (χ2v) is 6.95. The van der Waals surface area contributed by atoms with Gasteiger partial charge in [0.2, 0.25) is 5.91 Å². The maximum absolute atomic E-state index is 12.3. The molecule has 122 valence electrons. The van der Waals surface area contributed by atoms with Gasteiger partial charge in [-0.1, -0.05) is 6.92 Å². The Morgan fingerprint density at radius 1 is 1.33 bits per heavy atom. The molecular formula is C17H32N2O2. The van der Waals surface area contributed by atoms with Crippen LogP contribution in [-0.2, 0) is 9.53 Å². The molecule has 21 heavy (non-hydrogen) atoms. The fraction of sp³-hybridized carbons (Fsp3) is 0.941. The van der Waals surface area contributed by atoms with E-state index in [1.807, 2.05) is 11.9 Å². The summed E-state index contributed by atoms with van der Waals surface area (Å²) >= 11 is 0. The van der Waals surface area contributed by atoms with E-state index in [0.717, 1.165) is 58.0 Å². The van der Waals surface area contributed by atoms with Gasteiger partial charge in [-0.3, -0.25) is 4.79 Å². The molecule has 1 N–H and O–H groups in total. The molecule has 2 atom stereocenters. The molecule has 2 aliphatic heterocycles. The highest BCUT2D eigenvalue weighted by atomic mass is 16.5. The number of ether oxygens (including phenoxy) is 1. The van der Waals surface area contributed by atoms with Gasteiger partial charge in [0.15, 0.2) is 0 Å². The number of carbonyl (C=O) groups excluding carboxylic acids is 1. The van der Waals surface area contributed by atoms with E-state index in [-0.39, 0.29) is 0 Å². The molecule has 0 aliphatic carbocycles. The van der Waals surface area contributed by atoms with E-state index < -0.39 is 0 Å². The number of nitrogens with one attached hydrogen (secondary N) is 1. The highest BCUT2D eigenvalue weighted by molar-refractivity contribution is 5.76. The smallest absolute Gasteiger partial charge is 0.222 e. The molecule has 2 aliphatic rings. The SMILES string of the molecule is CC(CC(=O)N(C)CCC1CCOCC1)C1CCCNC1. The normalized spacial score (nSPS) is 25.5. The van der Waals surface area contributed by atoms with Crippen LogP contribution in [0.1, 0.15) is 45.4 Å².